The first-order chi connectivity index (χ1) is 10.9. The number of aliphatic hydroxyl groups excluding tert-OH is 2. The summed E-state index contributed by atoms with van der Waals surface area (Å²) in [5.41, 5.74) is 6.16. The predicted octanol–water partition coefficient (Wildman–Crippen LogP) is 3.32. The molecule has 0 radical (unpaired) electrons. The number of pyridine rings is 1. The third-order valence-electron chi connectivity index (χ3n) is 4.05. The van der Waals surface area contributed by atoms with Crippen LogP contribution >= 0.6 is 0 Å². The molecule has 1 aromatic heterocycles. The zero-order valence-electron chi connectivity index (χ0n) is 14.3. The number of nitrogens with zero attached hydrogens (tertiary/aromatic N) is 1. The van der Waals surface area contributed by atoms with Gasteiger partial charge in [-0.1, -0.05) is 18.2 Å². The highest BCUT2D eigenvalue weighted by atomic mass is 16.5. The summed E-state index contributed by atoms with van der Waals surface area (Å²) in [5.74, 6) is 0.584. The minimum atomic E-state index is -0.375. The van der Waals surface area contributed by atoms with Gasteiger partial charge in [-0.3, -0.25) is 0 Å². The van der Waals surface area contributed by atoms with E-state index in [9.17, 15) is 10.2 Å². The summed E-state index contributed by atoms with van der Waals surface area (Å²) in [6.45, 7) is 8.25. The standard InChI is InChI=1S/C19H25NO3/c1-12-10-18(23-9-8-13(2)22)20-15(4)19(12)17-7-5-6-16(11-21)14(17)3/h5-7,10,13,21-22H,8-9,11H2,1-4H3/t13-/m0/s1. The second-order valence-electron chi connectivity index (χ2n) is 5.97. The van der Waals surface area contributed by atoms with Gasteiger partial charge in [-0.15, -0.1) is 0 Å². The molecule has 0 aliphatic carbocycles. The topological polar surface area (TPSA) is 62.6 Å². The number of hydrogen-bond donors (Lipinski definition) is 2. The lowest BCUT2D eigenvalue weighted by Gasteiger charge is -2.16. The van der Waals surface area contributed by atoms with Gasteiger partial charge in [0.25, 0.3) is 0 Å². The van der Waals surface area contributed by atoms with Crippen LogP contribution in [0.3, 0.4) is 0 Å². The molecule has 0 saturated heterocycles. The van der Waals surface area contributed by atoms with E-state index >= 15 is 0 Å². The first-order valence-electron chi connectivity index (χ1n) is 7.92. The summed E-state index contributed by atoms with van der Waals surface area (Å²) in [5, 5.41) is 18.7. The van der Waals surface area contributed by atoms with Crippen molar-refractivity contribution < 1.29 is 14.9 Å². The first kappa shape index (κ1) is 17.4. The molecule has 0 unspecified atom stereocenters. The van der Waals surface area contributed by atoms with Gasteiger partial charge >= 0.3 is 0 Å². The van der Waals surface area contributed by atoms with Gasteiger partial charge in [-0.05, 0) is 49.9 Å². The summed E-state index contributed by atoms with van der Waals surface area (Å²) in [6, 6.07) is 7.87. The van der Waals surface area contributed by atoms with Gasteiger partial charge in [0.2, 0.25) is 5.88 Å². The quantitative estimate of drug-likeness (QED) is 0.858. The fourth-order valence-corrected chi connectivity index (χ4v) is 2.74. The third kappa shape index (κ3) is 4.09. The van der Waals surface area contributed by atoms with Crippen molar-refractivity contribution in [3.05, 3.63) is 46.6 Å². The van der Waals surface area contributed by atoms with Crippen molar-refractivity contribution in [3.63, 3.8) is 0 Å². The number of aliphatic hydroxyl groups is 2. The molecular formula is C19H25NO3. The van der Waals surface area contributed by atoms with E-state index in [0.29, 0.717) is 18.9 Å². The Balaban J connectivity index is 2.34. The molecular weight excluding hydrogens is 290 g/mol. The van der Waals surface area contributed by atoms with E-state index in [0.717, 1.165) is 33.5 Å². The molecule has 23 heavy (non-hydrogen) atoms. The molecule has 0 amide bonds. The third-order valence-corrected chi connectivity index (χ3v) is 4.05. The van der Waals surface area contributed by atoms with Crippen LogP contribution in [0, 0.1) is 20.8 Å². The van der Waals surface area contributed by atoms with Gasteiger partial charge in [-0.2, -0.15) is 0 Å². The Morgan fingerprint density at radius 1 is 1.22 bits per heavy atom. The zero-order valence-corrected chi connectivity index (χ0v) is 14.3. The minimum Gasteiger partial charge on any atom is -0.478 e. The summed E-state index contributed by atoms with van der Waals surface area (Å²) < 4.78 is 5.63. The van der Waals surface area contributed by atoms with Crippen molar-refractivity contribution in [3.8, 4) is 17.0 Å². The van der Waals surface area contributed by atoms with Crippen LogP contribution < -0.4 is 4.74 Å². The highest BCUT2D eigenvalue weighted by Crippen LogP contribution is 2.32. The van der Waals surface area contributed by atoms with Crippen LogP contribution in [0.4, 0.5) is 0 Å². The Hall–Kier alpha value is -1.91. The maximum Gasteiger partial charge on any atom is 0.213 e. The van der Waals surface area contributed by atoms with Gasteiger partial charge in [-0.25, -0.2) is 4.98 Å². The molecule has 2 N–H and O–H groups in total. The van der Waals surface area contributed by atoms with Gasteiger partial charge in [0, 0.05) is 23.7 Å². The van der Waals surface area contributed by atoms with Crippen molar-refractivity contribution in [2.45, 2.75) is 46.8 Å². The van der Waals surface area contributed by atoms with Crippen LogP contribution in [0.15, 0.2) is 24.3 Å². The van der Waals surface area contributed by atoms with Crippen LogP contribution in [0.2, 0.25) is 0 Å². The lowest BCUT2D eigenvalue weighted by atomic mass is 9.93. The molecule has 1 aromatic carbocycles. The average molecular weight is 315 g/mol. The molecule has 0 bridgehead atoms. The predicted molar refractivity (Wildman–Crippen MR) is 91.6 cm³/mol. The molecule has 1 atom stereocenters. The lowest BCUT2D eigenvalue weighted by molar-refractivity contribution is 0.154. The molecule has 0 fully saturated rings. The number of aryl methyl sites for hydroxylation is 2. The van der Waals surface area contributed by atoms with Gasteiger partial charge < -0.3 is 14.9 Å². The normalized spacial score (nSPS) is 12.3. The smallest absolute Gasteiger partial charge is 0.213 e. The second-order valence-corrected chi connectivity index (χ2v) is 5.97. The van der Waals surface area contributed by atoms with E-state index < -0.39 is 0 Å². The second kappa shape index (κ2) is 7.57. The zero-order chi connectivity index (χ0) is 17.0. The molecule has 2 aromatic rings. The van der Waals surface area contributed by atoms with Crippen molar-refractivity contribution in [2.75, 3.05) is 6.61 Å². The van der Waals surface area contributed by atoms with E-state index in [1.54, 1.807) is 6.92 Å². The summed E-state index contributed by atoms with van der Waals surface area (Å²) in [6.07, 6.45) is 0.208. The Kier molecular flexibility index (Phi) is 5.74. The van der Waals surface area contributed by atoms with Gasteiger partial charge in [0.05, 0.1) is 19.3 Å². The van der Waals surface area contributed by atoms with E-state index in [2.05, 4.69) is 11.1 Å². The van der Waals surface area contributed by atoms with Crippen LogP contribution in [-0.2, 0) is 6.61 Å². The summed E-state index contributed by atoms with van der Waals surface area (Å²) in [7, 11) is 0. The number of hydrogen-bond acceptors (Lipinski definition) is 4. The molecule has 1 heterocycles. The number of rotatable bonds is 6. The number of aromatic nitrogens is 1. The Labute approximate surface area is 137 Å². The molecule has 0 saturated carbocycles. The van der Waals surface area contributed by atoms with Gasteiger partial charge in [0.1, 0.15) is 0 Å². The average Bonchev–Trinajstić information content (AvgIpc) is 2.48. The highest BCUT2D eigenvalue weighted by molar-refractivity contribution is 5.73. The maximum atomic E-state index is 9.46. The number of ether oxygens (including phenoxy) is 1. The summed E-state index contributed by atoms with van der Waals surface area (Å²) in [4.78, 5) is 4.54. The largest absolute Gasteiger partial charge is 0.478 e. The van der Waals surface area contributed by atoms with Crippen molar-refractivity contribution in [2.24, 2.45) is 0 Å². The van der Waals surface area contributed by atoms with E-state index in [1.807, 2.05) is 39.0 Å². The molecule has 124 valence electrons. The SMILES string of the molecule is Cc1cc(OCC[C@H](C)O)nc(C)c1-c1cccc(CO)c1C. The van der Waals surface area contributed by atoms with Crippen LogP contribution in [-0.4, -0.2) is 27.9 Å². The molecule has 0 spiro atoms. The Morgan fingerprint density at radius 3 is 2.57 bits per heavy atom. The van der Waals surface area contributed by atoms with Gasteiger partial charge in [0.15, 0.2) is 0 Å². The molecule has 2 rings (SSSR count). The van der Waals surface area contributed by atoms with Crippen LogP contribution in [0.1, 0.15) is 35.7 Å². The highest BCUT2D eigenvalue weighted by Gasteiger charge is 2.13. The van der Waals surface area contributed by atoms with Crippen LogP contribution in [0.5, 0.6) is 5.88 Å². The maximum absolute atomic E-state index is 9.46. The van der Waals surface area contributed by atoms with E-state index in [1.165, 1.54) is 0 Å². The van der Waals surface area contributed by atoms with E-state index in [-0.39, 0.29) is 12.7 Å². The fourth-order valence-electron chi connectivity index (χ4n) is 2.74. The monoisotopic (exact) mass is 315 g/mol. The first-order valence-corrected chi connectivity index (χ1v) is 7.92. The molecule has 4 heteroatoms. The fraction of sp³-hybridized carbons (Fsp3) is 0.421. The Bertz CT molecular complexity index is 657. The van der Waals surface area contributed by atoms with Crippen molar-refractivity contribution in [1.29, 1.82) is 0 Å². The van der Waals surface area contributed by atoms with Crippen LogP contribution in [0.25, 0.3) is 11.1 Å². The van der Waals surface area contributed by atoms with Crippen molar-refractivity contribution >= 4 is 0 Å². The minimum absolute atomic E-state index is 0.0335. The lowest BCUT2D eigenvalue weighted by Crippen LogP contribution is -2.09. The van der Waals surface area contributed by atoms with E-state index in [4.69, 9.17) is 4.74 Å². The van der Waals surface area contributed by atoms with Crippen molar-refractivity contribution in [1.82, 2.24) is 4.98 Å². The molecule has 4 nitrogen and oxygen atoms in total. The summed E-state index contributed by atoms with van der Waals surface area (Å²) >= 11 is 0. The molecule has 0 aliphatic rings. The molecule has 0 aliphatic heterocycles. The number of benzene rings is 1. The Morgan fingerprint density at radius 2 is 1.96 bits per heavy atom.